The zero-order valence-electron chi connectivity index (χ0n) is 11.7. The molecule has 0 aliphatic carbocycles. The molecular formula is C15H19N3OS. The highest BCUT2D eigenvalue weighted by molar-refractivity contribution is 7.10. The molecule has 2 aromatic rings. The topological polar surface area (TPSA) is 54.0 Å². The Morgan fingerprint density at radius 1 is 1.40 bits per heavy atom. The number of amides is 1. The van der Waals surface area contributed by atoms with E-state index in [2.05, 4.69) is 22.5 Å². The van der Waals surface area contributed by atoms with Gasteiger partial charge in [0.25, 0.3) is 5.91 Å². The number of nitrogens with one attached hydrogen (secondary N) is 2. The highest BCUT2D eigenvalue weighted by Gasteiger charge is 2.12. The molecule has 0 bridgehead atoms. The molecule has 1 amide bonds. The largest absolute Gasteiger partial charge is 0.370 e. The SMILES string of the molecule is CCCNc1ccc(C(=O)NC(C)c2cccs2)cn1. The van der Waals surface area contributed by atoms with Crippen LogP contribution in [0.4, 0.5) is 5.82 Å². The Labute approximate surface area is 123 Å². The number of nitrogens with zero attached hydrogens (tertiary/aromatic N) is 1. The average molecular weight is 289 g/mol. The van der Waals surface area contributed by atoms with Crippen molar-refractivity contribution in [3.63, 3.8) is 0 Å². The van der Waals surface area contributed by atoms with Gasteiger partial charge in [-0.25, -0.2) is 4.98 Å². The minimum atomic E-state index is -0.0968. The van der Waals surface area contributed by atoms with Crippen LogP contribution in [0.25, 0.3) is 0 Å². The van der Waals surface area contributed by atoms with Crippen molar-refractivity contribution in [3.8, 4) is 0 Å². The predicted octanol–water partition coefficient (Wildman–Crippen LogP) is 3.46. The van der Waals surface area contributed by atoms with Gasteiger partial charge in [0.15, 0.2) is 0 Å². The lowest BCUT2D eigenvalue weighted by Gasteiger charge is -2.12. The molecule has 20 heavy (non-hydrogen) atoms. The molecule has 0 aromatic carbocycles. The lowest BCUT2D eigenvalue weighted by molar-refractivity contribution is 0.0940. The molecule has 0 radical (unpaired) electrons. The van der Waals surface area contributed by atoms with E-state index in [1.165, 1.54) is 0 Å². The first-order valence-corrected chi connectivity index (χ1v) is 7.63. The maximum absolute atomic E-state index is 12.1. The summed E-state index contributed by atoms with van der Waals surface area (Å²) in [5.41, 5.74) is 0.579. The van der Waals surface area contributed by atoms with Gasteiger partial charge in [0, 0.05) is 17.6 Å². The maximum atomic E-state index is 12.1. The Morgan fingerprint density at radius 3 is 2.85 bits per heavy atom. The van der Waals surface area contributed by atoms with Gasteiger partial charge in [0.2, 0.25) is 0 Å². The molecule has 0 fully saturated rings. The average Bonchev–Trinajstić information content (AvgIpc) is 3.00. The summed E-state index contributed by atoms with van der Waals surface area (Å²) in [5, 5.41) is 8.16. The van der Waals surface area contributed by atoms with Gasteiger partial charge in [-0.2, -0.15) is 0 Å². The van der Waals surface area contributed by atoms with Crippen molar-refractivity contribution in [2.45, 2.75) is 26.3 Å². The summed E-state index contributed by atoms with van der Waals surface area (Å²) in [5.74, 6) is 0.704. The fourth-order valence-electron chi connectivity index (χ4n) is 1.77. The number of hydrogen-bond acceptors (Lipinski definition) is 4. The van der Waals surface area contributed by atoms with Crippen LogP contribution in [-0.2, 0) is 0 Å². The van der Waals surface area contributed by atoms with E-state index in [1.54, 1.807) is 23.6 Å². The quantitative estimate of drug-likeness (QED) is 0.856. The van der Waals surface area contributed by atoms with E-state index in [-0.39, 0.29) is 11.9 Å². The zero-order valence-corrected chi connectivity index (χ0v) is 12.5. The van der Waals surface area contributed by atoms with Crippen LogP contribution in [0.2, 0.25) is 0 Å². The molecular weight excluding hydrogens is 270 g/mol. The standard InChI is InChI=1S/C15H19N3OS/c1-3-8-16-14-7-6-12(10-17-14)15(19)18-11(2)13-5-4-9-20-13/h4-7,9-11H,3,8H2,1-2H3,(H,16,17)(H,18,19). The summed E-state index contributed by atoms with van der Waals surface area (Å²) < 4.78 is 0. The number of rotatable bonds is 6. The highest BCUT2D eigenvalue weighted by atomic mass is 32.1. The van der Waals surface area contributed by atoms with Gasteiger partial charge in [-0.3, -0.25) is 4.79 Å². The molecule has 0 spiro atoms. The van der Waals surface area contributed by atoms with E-state index in [0.717, 1.165) is 23.7 Å². The van der Waals surface area contributed by atoms with Crippen LogP contribution in [0.15, 0.2) is 35.8 Å². The van der Waals surface area contributed by atoms with Gasteiger partial charge >= 0.3 is 0 Å². The molecule has 1 atom stereocenters. The van der Waals surface area contributed by atoms with Gasteiger partial charge in [-0.15, -0.1) is 11.3 Å². The fourth-order valence-corrected chi connectivity index (χ4v) is 2.51. The normalized spacial score (nSPS) is 11.9. The van der Waals surface area contributed by atoms with Crippen molar-refractivity contribution in [1.29, 1.82) is 0 Å². The fraction of sp³-hybridized carbons (Fsp3) is 0.333. The molecule has 1 unspecified atom stereocenters. The van der Waals surface area contributed by atoms with Crippen molar-refractivity contribution < 1.29 is 4.79 Å². The predicted molar refractivity (Wildman–Crippen MR) is 83.2 cm³/mol. The second-order valence-electron chi connectivity index (χ2n) is 4.57. The lowest BCUT2D eigenvalue weighted by Crippen LogP contribution is -2.26. The van der Waals surface area contributed by atoms with Crippen LogP contribution in [0.3, 0.4) is 0 Å². The minimum Gasteiger partial charge on any atom is -0.370 e. The van der Waals surface area contributed by atoms with Crippen molar-refractivity contribution >= 4 is 23.1 Å². The number of hydrogen-bond donors (Lipinski definition) is 2. The molecule has 0 saturated carbocycles. The molecule has 0 aliphatic heterocycles. The Balaban J connectivity index is 1.95. The third-order valence-electron chi connectivity index (χ3n) is 2.90. The summed E-state index contributed by atoms with van der Waals surface area (Å²) in [6, 6.07) is 7.65. The Kier molecular flexibility index (Phi) is 5.12. The van der Waals surface area contributed by atoms with Crippen molar-refractivity contribution in [3.05, 3.63) is 46.3 Å². The first-order valence-electron chi connectivity index (χ1n) is 6.75. The number of carbonyl (C=O) groups excluding carboxylic acids is 1. The summed E-state index contributed by atoms with van der Waals surface area (Å²) in [6.07, 6.45) is 2.65. The van der Waals surface area contributed by atoms with Gasteiger partial charge in [-0.05, 0) is 36.9 Å². The van der Waals surface area contributed by atoms with Gasteiger partial charge in [0.05, 0.1) is 11.6 Å². The number of anilines is 1. The van der Waals surface area contributed by atoms with Crippen LogP contribution >= 0.6 is 11.3 Å². The summed E-state index contributed by atoms with van der Waals surface area (Å²) in [7, 11) is 0. The Hall–Kier alpha value is -1.88. The maximum Gasteiger partial charge on any atom is 0.253 e. The second-order valence-corrected chi connectivity index (χ2v) is 5.55. The number of aromatic nitrogens is 1. The van der Waals surface area contributed by atoms with Crippen LogP contribution in [-0.4, -0.2) is 17.4 Å². The van der Waals surface area contributed by atoms with Crippen LogP contribution in [0.5, 0.6) is 0 Å². The first kappa shape index (κ1) is 14.5. The van der Waals surface area contributed by atoms with Gasteiger partial charge in [0.1, 0.15) is 5.82 Å². The van der Waals surface area contributed by atoms with Crippen LogP contribution in [0.1, 0.15) is 41.5 Å². The Morgan fingerprint density at radius 2 is 2.25 bits per heavy atom. The molecule has 5 heteroatoms. The van der Waals surface area contributed by atoms with Crippen molar-refractivity contribution in [2.24, 2.45) is 0 Å². The van der Waals surface area contributed by atoms with E-state index in [1.807, 2.05) is 30.5 Å². The van der Waals surface area contributed by atoms with Crippen molar-refractivity contribution in [2.75, 3.05) is 11.9 Å². The molecule has 106 valence electrons. The van der Waals surface area contributed by atoms with Crippen molar-refractivity contribution in [1.82, 2.24) is 10.3 Å². The molecule has 0 aliphatic rings. The third-order valence-corrected chi connectivity index (χ3v) is 3.95. The summed E-state index contributed by atoms with van der Waals surface area (Å²) in [6.45, 7) is 4.96. The lowest BCUT2D eigenvalue weighted by atomic mass is 10.2. The van der Waals surface area contributed by atoms with Crippen LogP contribution < -0.4 is 10.6 Å². The summed E-state index contributed by atoms with van der Waals surface area (Å²) >= 11 is 1.64. The monoisotopic (exact) mass is 289 g/mol. The molecule has 2 heterocycles. The number of thiophene rings is 1. The molecule has 0 saturated heterocycles. The number of pyridine rings is 1. The Bertz CT molecular complexity index is 537. The van der Waals surface area contributed by atoms with Gasteiger partial charge in [-0.1, -0.05) is 13.0 Å². The second kappa shape index (κ2) is 7.05. The molecule has 2 N–H and O–H groups in total. The third kappa shape index (κ3) is 3.81. The van der Waals surface area contributed by atoms with E-state index in [0.29, 0.717) is 5.56 Å². The molecule has 4 nitrogen and oxygen atoms in total. The van der Waals surface area contributed by atoms with Crippen LogP contribution in [0, 0.1) is 0 Å². The highest BCUT2D eigenvalue weighted by Crippen LogP contribution is 2.18. The van der Waals surface area contributed by atoms with E-state index >= 15 is 0 Å². The van der Waals surface area contributed by atoms with Gasteiger partial charge < -0.3 is 10.6 Å². The van der Waals surface area contributed by atoms with E-state index in [4.69, 9.17) is 0 Å². The minimum absolute atomic E-state index is 0.0143. The number of carbonyl (C=O) groups is 1. The summed E-state index contributed by atoms with van der Waals surface area (Å²) in [4.78, 5) is 17.5. The van der Waals surface area contributed by atoms with E-state index < -0.39 is 0 Å². The smallest absolute Gasteiger partial charge is 0.253 e. The molecule has 2 aromatic heterocycles. The first-order chi connectivity index (χ1) is 9.70. The van der Waals surface area contributed by atoms with E-state index in [9.17, 15) is 4.79 Å². The molecule has 2 rings (SSSR count). The zero-order chi connectivity index (χ0) is 14.4.